The van der Waals surface area contributed by atoms with Gasteiger partial charge >= 0.3 is 5.97 Å². The summed E-state index contributed by atoms with van der Waals surface area (Å²) in [5.41, 5.74) is 2.95. The molecule has 4 nitrogen and oxygen atoms in total. The molecule has 3 rings (SSSR count). The number of fused-ring (bicyclic) bond motifs is 1. The van der Waals surface area contributed by atoms with Gasteiger partial charge in [-0.15, -0.1) is 0 Å². The summed E-state index contributed by atoms with van der Waals surface area (Å²) in [6.07, 6.45) is 0. The Morgan fingerprint density at radius 1 is 1.20 bits per heavy atom. The first-order valence-corrected chi connectivity index (χ1v) is 6.34. The summed E-state index contributed by atoms with van der Waals surface area (Å²) in [6, 6.07) is 14.9. The Bertz CT molecular complexity index is 762. The van der Waals surface area contributed by atoms with Crippen molar-refractivity contribution in [3.05, 3.63) is 54.1 Å². The van der Waals surface area contributed by atoms with E-state index in [0.29, 0.717) is 17.0 Å². The summed E-state index contributed by atoms with van der Waals surface area (Å²) < 4.78 is 5.69. The molecule has 0 amide bonds. The van der Waals surface area contributed by atoms with E-state index in [1.165, 1.54) is 0 Å². The van der Waals surface area contributed by atoms with Crippen LogP contribution in [0.5, 0.6) is 0 Å². The molecule has 1 atom stereocenters. The molecule has 1 N–H and O–H groups in total. The van der Waals surface area contributed by atoms with Crippen LogP contribution in [-0.4, -0.2) is 16.1 Å². The maximum atomic E-state index is 11.0. The molecule has 0 bridgehead atoms. The van der Waals surface area contributed by atoms with Gasteiger partial charge in [0.2, 0.25) is 5.89 Å². The van der Waals surface area contributed by atoms with Crippen LogP contribution in [0, 0.1) is 0 Å². The van der Waals surface area contributed by atoms with E-state index in [1.807, 2.05) is 30.3 Å². The molecule has 0 spiro atoms. The van der Waals surface area contributed by atoms with Gasteiger partial charge in [0.1, 0.15) is 5.52 Å². The first-order valence-electron chi connectivity index (χ1n) is 6.34. The highest BCUT2D eigenvalue weighted by molar-refractivity contribution is 5.81. The van der Waals surface area contributed by atoms with E-state index in [4.69, 9.17) is 9.52 Å². The lowest BCUT2D eigenvalue weighted by molar-refractivity contribution is -0.138. The lowest BCUT2D eigenvalue weighted by Gasteiger charge is -2.04. The maximum Gasteiger partial charge on any atom is 0.310 e. The van der Waals surface area contributed by atoms with Crippen molar-refractivity contribution in [2.75, 3.05) is 0 Å². The molecule has 0 aliphatic rings. The number of carboxylic acid groups (broad SMARTS) is 1. The minimum absolute atomic E-state index is 0.542. The predicted octanol–water partition coefficient (Wildman–Crippen LogP) is 3.68. The van der Waals surface area contributed by atoms with Crippen LogP contribution in [0.2, 0.25) is 0 Å². The third-order valence-corrected chi connectivity index (χ3v) is 3.30. The Morgan fingerprint density at radius 3 is 2.65 bits per heavy atom. The van der Waals surface area contributed by atoms with Crippen molar-refractivity contribution in [1.29, 1.82) is 0 Å². The van der Waals surface area contributed by atoms with Gasteiger partial charge in [0, 0.05) is 5.56 Å². The van der Waals surface area contributed by atoms with Gasteiger partial charge in [0.25, 0.3) is 0 Å². The van der Waals surface area contributed by atoms with Gasteiger partial charge in [-0.25, -0.2) is 4.98 Å². The van der Waals surface area contributed by atoms with Crippen LogP contribution in [0.4, 0.5) is 0 Å². The standard InChI is InChI=1S/C16H13NO3/c1-10(16(18)19)12-7-8-14-13(9-12)17-15(20-14)11-5-3-2-4-6-11/h2-10H,1H3,(H,18,19)/t10-/m1/s1. The van der Waals surface area contributed by atoms with Crippen molar-refractivity contribution in [2.24, 2.45) is 0 Å². The van der Waals surface area contributed by atoms with Crippen molar-refractivity contribution in [3.8, 4) is 11.5 Å². The van der Waals surface area contributed by atoms with E-state index in [1.54, 1.807) is 25.1 Å². The monoisotopic (exact) mass is 267 g/mol. The molecule has 0 aliphatic carbocycles. The van der Waals surface area contributed by atoms with Crippen molar-refractivity contribution in [1.82, 2.24) is 4.98 Å². The summed E-state index contributed by atoms with van der Waals surface area (Å²) in [5, 5.41) is 9.05. The Balaban J connectivity index is 2.06. The molecule has 100 valence electrons. The fourth-order valence-electron chi connectivity index (χ4n) is 2.06. The number of aliphatic carboxylic acids is 1. The number of aromatic nitrogens is 1. The van der Waals surface area contributed by atoms with Gasteiger partial charge in [-0.1, -0.05) is 24.3 Å². The third kappa shape index (κ3) is 2.16. The van der Waals surface area contributed by atoms with Crippen molar-refractivity contribution in [2.45, 2.75) is 12.8 Å². The molecular weight excluding hydrogens is 254 g/mol. The first-order chi connectivity index (χ1) is 9.65. The van der Waals surface area contributed by atoms with Gasteiger partial charge in [0.05, 0.1) is 5.92 Å². The minimum atomic E-state index is -0.851. The molecule has 3 aromatic rings. The number of rotatable bonds is 3. The van der Waals surface area contributed by atoms with Crippen LogP contribution < -0.4 is 0 Å². The van der Waals surface area contributed by atoms with Crippen molar-refractivity contribution < 1.29 is 14.3 Å². The van der Waals surface area contributed by atoms with Gasteiger partial charge in [-0.2, -0.15) is 0 Å². The zero-order valence-electron chi connectivity index (χ0n) is 10.9. The number of oxazole rings is 1. The van der Waals surface area contributed by atoms with Crippen LogP contribution in [-0.2, 0) is 4.79 Å². The number of carboxylic acids is 1. The molecule has 0 saturated heterocycles. The quantitative estimate of drug-likeness (QED) is 0.786. The number of hydrogen-bond donors (Lipinski definition) is 1. The summed E-state index contributed by atoms with van der Waals surface area (Å²) in [7, 11) is 0. The number of carbonyl (C=O) groups is 1. The van der Waals surface area contributed by atoms with Crippen molar-refractivity contribution in [3.63, 3.8) is 0 Å². The molecule has 0 aliphatic heterocycles. The van der Waals surface area contributed by atoms with Crippen LogP contribution in [0.25, 0.3) is 22.6 Å². The Hall–Kier alpha value is -2.62. The third-order valence-electron chi connectivity index (χ3n) is 3.30. The van der Waals surface area contributed by atoms with Gasteiger partial charge in [0.15, 0.2) is 5.58 Å². The molecule has 0 saturated carbocycles. The fraction of sp³-hybridized carbons (Fsp3) is 0.125. The minimum Gasteiger partial charge on any atom is -0.481 e. The Morgan fingerprint density at radius 2 is 1.95 bits per heavy atom. The van der Waals surface area contributed by atoms with E-state index < -0.39 is 11.9 Å². The summed E-state index contributed by atoms with van der Waals surface area (Å²) in [4.78, 5) is 15.4. The molecule has 0 fully saturated rings. The molecule has 20 heavy (non-hydrogen) atoms. The Kier molecular flexibility index (Phi) is 2.99. The predicted molar refractivity (Wildman–Crippen MR) is 75.5 cm³/mol. The maximum absolute atomic E-state index is 11.0. The van der Waals surface area contributed by atoms with Gasteiger partial charge in [-0.3, -0.25) is 4.79 Å². The Labute approximate surface area is 115 Å². The van der Waals surface area contributed by atoms with Crippen molar-refractivity contribution >= 4 is 17.1 Å². The highest BCUT2D eigenvalue weighted by Gasteiger charge is 2.15. The van der Waals surface area contributed by atoms with Crippen LogP contribution in [0.15, 0.2) is 52.9 Å². The lowest BCUT2D eigenvalue weighted by Crippen LogP contribution is -2.06. The molecule has 4 heteroatoms. The SMILES string of the molecule is C[C@@H](C(=O)O)c1ccc2oc(-c3ccccc3)nc2c1. The molecule has 0 radical (unpaired) electrons. The smallest absolute Gasteiger partial charge is 0.310 e. The average Bonchev–Trinajstić information content (AvgIpc) is 2.90. The molecule has 0 unspecified atom stereocenters. The van der Waals surface area contributed by atoms with Gasteiger partial charge in [-0.05, 0) is 36.8 Å². The fourth-order valence-corrected chi connectivity index (χ4v) is 2.06. The first kappa shape index (κ1) is 12.4. The zero-order valence-corrected chi connectivity index (χ0v) is 10.9. The van der Waals surface area contributed by atoms with Crippen LogP contribution >= 0.6 is 0 Å². The van der Waals surface area contributed by atoms with Gasteiger partial charge < -0.3 is 9.52 Å². The molecule has 1 aromatic heterocycles. The lowest BCUT2D eigenvalue weighted by atomic mass is 10.0. The average molecular weight is 267 g/mol. The highest BCUT2D eigenvalue weighted by Crippen LogP contribution is 2.26. The molecular formula is C16H13NO3. The summed E-state index contributed by atoms with van der Waals surface area (Å²) >= 11 is 0. The topological polar surface area (TPSA) is 63.3 Å². The molecule has 2 aromatic carbocycles. The second-order valence-electron chi connectivity index (χ2n) is 4.67. The van der Waals surface area contributed by atoms with E-state index in [-0.39, 0.29) is 0 Å². The number of benzene rings is 2. The second-order valence-corrected chi connectivity index (χ2v) is 4.67. The van der Waals surface area contributed by atoms with E-state index in [0.717, 1.165) is 11.1 Å². The van der Waals surface area contributed by atoms with E-state index in [9.17, 15) is 4.79 Å². The van der Waals surface area contributed by atoms with E-state index in [2.05, 4.69) is 4.98 Å². The summed E-state index contributed by atoms with van der Waals surface area (Å²) in [5.74, 6) is -0.867. The zero-order chi connectivity index (χ0) is 14.1. The normalized spacial score (nSPS) is 12.4. The second kappa shape index (κ2) is 4.81. The van der Waals surface area contributed by atoms with Crippen LogP contribution in [0.3, 0.4) is 0 Å². The van der Waals surface area contributed by atoms with Crippen LogP contribution in [0.1, 0.15) is 18.4 Å². The van der Waals surface area contributed by atoms with E-state index >= 15 is 0 Å². The largest absolute Gasteiger partial charge is 0.481 e. The number of hydrogen-bond acceptors (Lipinski definition) is 3. The highest BCUT2D eigenvalue weighted by atomic mass is 16.4. The number of nitrogens with zero attached hydrogens (tertiary/aromatic N) is 1. The molecule has 1 heterocycles. The summed E-state index contributed by atoms with van der Waals surface area (Å²) in [6.45, 7) is 1.65.